The van der Waals surface area contributed by atoms with Gasteiger partial charge < -0.3 is 14.3 Å². The van der Waals surface area contributed by atoms with Crippen LogP contribution in [0.4, 0.5) is 0 Å². The van der Waals surface area contributed by atoms with Crippen molar-refractivity contribution in [3.8, 4) is 0 Å². The molecule has 3 atom stereocenters. The molecule has 1 heterocycles. The summed E-state index contributed by atoms with van der Waals surface area (Å²) in [7, 11) is 2.02. The average molecular weight is 393 g/mol. The highest BCUT2D eigenvalue weighted by Gasteiger charge is 2.49. The number of Topliss-reactive ketones (excluding diaryl/α,β-unsaturated/α-hetero) is 1. The van der Waals surface area contributed by atoms with Crippen LogP contribution in [0, 0.1) is 5.92 Å². The lowest BCUT2D eigenvalue weighted by atomic mass is 9.80. The largest absolute Gasteiger partial charge is 0.454 e. The Balaban J connectivity index is 0.00000196. The molecule has 1 aliphatic heterocycles. The Bertz CT molecular complexity index is 656. The molecular formula is C23H38NO4+. The van der Waals surface area contributed by atoms with Crippen molar-refractivity contribution in [3.05, 3.63) is 35.9 Å². The first-order valence-electron chi connectivity index (χ1n) is 9.65. The van der Waals surface area contributed by atoms with E-state index in [1.807, 2.05) is 37.4 Å². The number of carbonyl (C=O) groups excluding carboxylic acids is 2. The molecule has 0 bridgehead atoms. The van der Waals surface area contributed by atoms with Crippen molar-refractivity contribution >= 4 is 11.8 Å². The molecule has 1 N–H and O–H groups in total. The fraction of sp³-hybridized carbons (Fsp3) is 0.652. The zero-order valence-corrected chi connectivity index (χ0v) is 15.8. The van der Waals surface area contributed by atoms with Crippen LogP contribution in [-0.2, 0) is 19.9 Å². The molecule has 0 spiro atoms. The summed E-state index contributed by atoms with van der Waals surface area (Å²) in [6.07, 6.45) is 4.22. The second kappa shape index (κ2) is 9.66. The lowest BCUT2D eigenvalue weighted by molar-refractivity contribution is -0.890. The maximum atomic E-state index is 13.1. The fourth-order valence-corrected chi connectivity index (χ4v) is 4.70. The van der Waals surface area contributed by atoms with Gasteiger partial charge in [-0.25, -0.2) is 4.79 Å². The molecule has 2 aliphatic rings. The molecule has 1 aliphatic carbocycles. The molecule has 0 amide bonds. The molecule has 1 aromatic carbocycles. The predicted octanol–water partition coefficient (Wildman–Crippen LogP) is 3.69. The standard InChI is InChI=1S/C21H30NO4.2CH4/c1-16(23)14-22(2)13-12-19(15-22)26-20(24)21(25,18-10-6-7-11-18)17-8-4-3-5-9-17;;/h3-5,8-9,18-19,25H,6-7,10-15H2,1-2H3;2*1H4/q+1;;/t19?,21-,22?;;/m0../s1. The maximum Gasteiger partial charge on any atom is 0.343 e. The summed E-state index contributed by atoms with van der Waals surface area (Å²) in [5, 5.41) is 11.5. The Morgan fingerprint density at radius 1 is 1.14 bits per heavy atom. The van der Waals surface area contributed by atoms with Gasteiger partial charge in [0.1, 0.15) is 13.1 Å². The van der Waals surface area contributed by atoms with E-state index in [0.717, 1.165) is 38.6 Å². The van der Waals surface area contributed by atoms with Gasteiger partial charge in [-0.1, -0.05) is 58.0 Å². The van der Waals surface area contributed by atoms with Crippen molar-refractivity contribution in [2.45, 2.75) is 65.6 Å². The van der Waals surface area contributed by atoms with Gasteiger partial charge in [0.15, 0.2) is 17.5 Å². The highest BCUT2D eigenvalue weighted by atomic mass is 16.6. The summed E-state index contributed by atoms with van der Waals surface area (Å²) in [4.78, 5) is 24.6. The van der Waals surface area contributed by atoms with Crippen LogP contribution >= 0.6 is 0 Å². The molecule has 0 radical (unpaired) electrons. The Labute approximate surface area is 170 Å². The predicted molar refractivity (Wildman–Crippen MR) is 112 cm³/mol. The van der Waals surface area contributed by atoms with Gasteiger partial charge >= 0.3 is 5.97 Å². The minimum absolute atomic E-state index is 0. The van der Waals surface area contributed by atoms with Gasteiger partial charge in [-0.15, -0.1) is 0 Å². The second-order valence-electron chi connectivity index (χ2n) is 8.32. The number of rotatable bonds is 6. The Kier molecular flexibility index (Phi) is 8.39. The number of likely N-dealkylation sites (tertiary alicyclic amines) is 1. The normalized spacial score (nSPS) is 26.6. The second-order valence-corrected chi connectivity index (χ2v) is 8.32. The third-order valence-electron chi connectivity index (χ3n) is 5.98. The number of carbonyl (C=O) groups is 2. The van der Waals surface area contributed by atoms with E-state index in [1.54, 1.807) is 6.92 Å². The van der Waals surface area contributed by atoms with Gasteiger partial charge in [0, 0.05) is 19.3 Å². The number of likely N-dealkylation sites (N-methyl/N-ethyl adjacent to an activating group) is 1. The number of benzene rings is 1. The van der Waals surface area contributed by atoms with Gasteiger partial charge in [0.05, 0.1) is 13.6 Å². The molecule has 3 rings (SSSR count). The number of ether oxygens (including phenoxy) is 1. The highest BCUT2D eigenvalue weighted by Crippen LogP contribution is 2.42. The minimum Gasteiger partial charge on any atom is -0.454 e. The van der Waals surface area contributed by atoms with Gasteiger partial charge in [-0.2, -0.15) is 0 Å². The van der Waals surface area contributed by atoms with Gasteiger partial charge in [0.2, 0.25) is 0 Å². The molecule has 2 fully saturated rings. The van der Waals surface area contributed by atoms with Crippen LogP contribution in [0.1, 0.15) is 59.4 Å². The number of aliphatic hydroxyl groups is 1. The molecule has 5 nitrogen and oxygen atoms in total. The van der Waals surface area contributed by atoms with Crippen LogP contribution in [0.5, 0.6) is 0 Å². The van der Waals surface area contributed by atoms with Gasteiger partial charge in [-0.05, 0) is 18.4 Å². The van der Waals surface area contributed by atoms with E-state index in [9.17, 15) is 14.7 Å². The van der Waals surface area contributed by atoms with Crippen molar-refractivity contribution in [2.75, 3.05) is 26.7 Å². The smallest absolute Gasteiger partial charge is 0.343 e. The summed E-state index contributed by atoms with van der Waals surface area (Å²) in [6.45, 7) is 3.49. The van der Waals surface area contributed by atoms with E-state index < -0.39 is 11.6 Å². The van der Waals surface area contributed by atoms with Crippen molar-refractivity contribution in [2.24, 2.45) is 5.92 Å². The molecule has 28 heavy (non-hydrogen) atoms. The SMILES string of the molecule is C.C.CC(=O)C[N+]1(C)CCC(OC(=O)[C@](O)(c2ccccc2)C2CCCC2)C1. The summed E-state index contributed by atoms with van der Waals surface area (Å²) >= 11 is 0. The molecule has 1 aromatic rings. The van der Waals surface area contributed by atoms with E-state index in [-0.39, 0.29) is 32.7 Å². The summed E-state index contributed by atoms with van der Waals surface area (Å²) < 4.78 is 6.40. The lowest BCUT2D eigenvalue weighted by Gasteiger charge is -2.33. The molecule has 158 valence electrons. The van der Waals surface area contributed by atoms with Crippen LogP contribution < -0.4 is 0 Å². The number of quaternary nitrogens is 1. The minimum atomic E-state index is -1.58. The topological polar surface area (TPSA) is 63.6 Å². The third kappa shape index (κ3) is 5.00. The molecule has 1 saturated carbocycles. The van der Waals surface area contributed by atoms with Crippen molar-refractivity contribution < 1.29 is 23.9 Å². The molecule has 0 aromatic heterocycles. The number of ketones is 1. The lowest BCUT2D eigenvalue weighted by Crippen LogP contribution is -2.48. The quantitative estimate of drug-likeness (QED) is 0.592. The van der Waals surface area contributed by atoms with Crippen LogP contribution in [0.25, 0.3) is 0 Å². The molecular weight excluding hydrogens is 354 g/mol. The number of nitrogens with zero attached hydrogens (tertiary/aromatic N) is 1. The van der Waals surface area contributed by atoms with E-state index >= 15 is 0 Å². The highest BCUT2D eigenvalue weighted by molar-refractivity contribution is 5.82. The Hall–Kier alpha value is -1.72. The third-order valence-corrected chi connectivity index (χ3v) is 5.98. The average Bonchev–Trinajstić information content (AvgIpc) is 3.25. The zero-order valence-electron chi connectivity index (χ0n) is 15.8. The summed E-state index contributed by atoms with van der Waals surface area (Å²) in [5.74, 6) is -0.486. The Morgan fingerprint density at radius 2 is 1.75 bits per heavy atom. The van der Waals surface area contributed by atoms with E-state index in [4.69, 9.17) is 4.74 Å². The number of hydrogen-bond donors (Lipinski definition) is 1. The monoisotopic (exact) mass is 392 g/mol. The number of esters is 1. The van der Waals surface area contributed by atoms with Gasteiger partial charge in [0.25, 0.3) is 0 Å². The number of hydrogen-bond acceptors (Lipinski definition) is 4. The van der Waals surface area contributed by atoms with Crippen LogP contribution in [0.15, 0.2) is 30.3 Å². The zero-order chi connectivity index (χ0) is 18.8. The summed E-state index contributed by atoms with van der Waals surface area (Å²) in [5.41, 5.74) is -0.958. The van der Waals surface area contributed by atoms with Crippen molar-refractivity contribution in [3.63, 3.8) is 0 Å². The molecule has 5 heteroatoms. The fourth-order valence-electron chi connectivity index (χ4n) is 4.70. The molecule has 1 saturated heterocycles. The van der Waals surface area contributed by atoms with E-state index in [0.29, 0.717) is 23.1 Å². The van der Waals surface area contributed by atoms with Crippen LogP contribution in [0.2, 0.25) is 0 Å². The van der Waals surface area contributed by atoms with Gasteiger partial charge in [-0.3, -0.25) is 4.79 Å². The molecule has 2 unspecified atom stereocenters. The van der Waals surface area contributed by atoms with Crippen LogP contribution in [-0.4, -0.2) is 54.1 Å². The first-order valence-corrected chi connectivity index (χ1v) is 9.65. The summed E-state index contributed by atoms with van der Waals surface area (Å²) in [6, 6.07) is 9.19. The Morgan fingerprint density at radius 3 is 2.32 bits per heavy atom. The van der Waals surface area contributed by atoms with Crippen LogP contribution in [0.3, 0.4) is 0 Å². The van der Waals surface area contributed by atoms with E-state index in [1.165, 1.54) is 0 Å². The maximum absolute atomic E-state index is 13.1. The van der Waals surface area contributed by atoms with Crippen molar-refractivity contribution in [1.29, 1.82) is 0 Å². The van der Waals surface area contributed by atoms with E-state index in [2.05, 4.69) is 0 Å². The first-order chi connectivity index (χ1) is 12.3. The van der Waals surface area contributed by atoms with Crippen molar-refractivity contribution in [1.82, 2.24) is 0 Å². The first kappa shape index (κ1) is 24.3.